The third-order valence-electron chi connectivity index (χ3n) is 7.30. The van der Waals surface area contributed by atoms with Gasteiger partial charge in [0.25, 0.3) is 0 Å². The molecule has 0 aliphatic carbocycles. The van der Waals surface area contributed by atoms with Gasteiger partial charge >= 0.3 is 8.80 Å². The van der Waals surface area contributed by atoms with Crippen molar-refractivity contribution in [3.05, 3.63) is 0 Å². The van der Waals surface area contributed by atoms with Gasteiger partial charge in [-0.1, -0.05) is 85.0 Å². The van der Waals surface area contributed by atoms with Crippen molar-refractivity contribution >= 4 is 8.80 Å². The lowest BCUT2D eigenvalue weighted by molar-refractivity contribution is -0.916. The fourth-order valence-electron chi connectivity index (χ4n) is 5.28. The first-order valence-corrected chi connectivity index (χ1v) is 15.2. The summed E-state index contributed by atoms with van der Waals surface area (Å²) in [6.07, 6.45) is 19.9. The maximum atomic E-state index is 5.99. The van der Waals surface area contributed by atoms with E-state index >= 15 is 0 Å². The molecule has 0 aliphatic heterocycles. The molecule has 0 rings (SSSR count). The average Bonchev–Trinajstić information content (AvgIpc) is 2.77. The molecule has 0 amide bonds. The second kappa shape index (κ2) is 18.5. The Kier molecular flexibility index (Phi) is 18.5. The molecule has 2 atom stereocenters. The zero-order chi connectivity index (χ0) is 23.6. The van der Waals surface area contributed by atoms with E-state index in [4.69, 9.17) is 13.3 Å². The summed E-state index contributed by atoms with van der Waals surface area (Å²) < 4.78 is 19.0. The summed E-state index contributed by atoms with van der Waals surface area (Å²) in [4.78, 5) is 0. The van der Waals surface area contributed by atoms with Crippen LogP contribution in [0.3, 0.4) is 0 Å². The third kappa shape index (κ3) is 11.7. The number of unbranched alkanes of at least 4 members (excludes halogenated alkanes) is 11. The van der Waals surface area contributed by atoms with Crippen molar-refractivity contribution in [2.45, 2.75) is 129 Å². The zero-order valence-corrected chi connectivity index (χ0v) is 23.6. The fraction of sp³-hybridized carbons (Fsp3) is 1.00. The van der Waals surface area contributed by atoms with E-state index in [2.05, 4.69) is 34.9 Å². The highest BCUT2D eigenvalue weighted by Gasteiger charge is 2.54. The van der Waals surface area contributed by atoms with Gasteiger partial charge in [-0.3, -0.25) is 0 Å². The van der Waals surface area contributed by atoms with Crippen LogP contribution in [0.4, 0.5) is 0 Å². The molecule has 0 N–H and O–H groups in total. The van der Waals surface area contributed by atoms with Gasteiger partial charge in [-0.25, -0.2) is 0 Å². The van der Waals surface area contributed by atoms with E-state index in [0.717, 1.165) is 10.9 Å². The van der Waals surface area contributed by atoms with E-state index in [1.807, 2.05) is 0 Å². The van der Waals surface area contributed by atoms with Crippen molar-refractivity contribution in [1.82, 2.24) is 0 Å². The van der Waals surface area contributed by atoms with Crippen LogP contribution in [-0.4, -0.2) is 61.3 Å². The third-order valence-corrected chi connectivity index (χ3v) is 10.7. The lowest BCUT2D eigenvalue weighted by Crippen LogP contribution is -2.60. The largest absolute Gasteiger partial charge is 0.509 e. The van der Waals surface area contributed by atoms with Crippen LogP contribution in [0.15, 0.2) is 0 Å². The van der Waals surface area contributed by atoms with E-state index in [9.17, 15) is 0 Å². The highest BCUT2D eigenvalue weighted by atomic mass is 28.4. The second-order valence-electron chi connectivity index (χ2n) is 9.98. The average molecular weight is 461 g/mol. The number of hydrogen-bond acceptors (Lipinski definition) is 3. The standard InChI is InChI=1S/C26H58NO3Si/c1-9-12-14-16-18-19-21-23-25(26(11-3)31(28-6,29-7)30-8)27(4,5)24-22-20-17-15-13-10-2/h25-26H,9-24H2,1-8H3/q+1. The van der Waals surface area contributed by atoms with E-state index < -0.39 is 8.80 Å². The minimum absolute atomic E-state index is 0.336. The van der Waals surface area contributed by atoms with Crippen LogP contribution in [0, 0.1) is 0 Å². The lowest BCUT2D eigenvalue weighted by atomic mass is 9.98. The summed E-state index contributed by atoms with van der Waals surface area (Å²) in [5, 5.41) is 0. The SMILES string of the molecule is CCCCCCCCCC(C(CC)[Si](OC)(OC)OC)[N+](C)(C)CCCCCCCC. The van der Waals surface area contributed by atoms with Crippen LogP contribution >= 0.6 is 0 Å². The smallest absolute Gasteiger partial charge is 0.377 e. The highest BCUT2D eigenvalue weighted by molar-refractivity contribution is 6.62. The molecule has 5 heteroatoms. The maximum Gasteiger partial charge on any atom is 0.509 e. The molecule has 2 unspecified atom stereocenters. The van der Waals surface area contributed by atoms with Crippen molar-refractivity contribution in [2.75, 3.05) is 42.0 Å². The van der Waals surface area contributed by atoms with Gasteiger partial charge in [0.15, 0.2) is 0 Å². The predicted molar refractivity (Wildman–Crippen MR) is 138 cm³/mol. The van der Waals surface area contributed by atoms with Gasteiger partial charge in [0.05, 0.1) is 32.2 Å². The van der Waals surface area contributed by atoms with Crippen molar-refractivity contribution in [1.29, 1.82) is 0 Å². The van der Waals surface area contributed by atoms with Crippen LogP contribution in [0.5, 0.6) is 0 Å². The molecule has 0 saturated heterocycles. The molecule has 0 spiro atoms. The van der Waals surface area contributed by atoms with Gasteiger partial charge < -0.3 is 17.8 Å². The van der Waals surface area contributed by atoms with Gasteiger partial charge in [0.2, 0.25) is 0 Å². The topological polar surface area (TPSA) is 27.7 Å². The summed E-state index contributed by atoms with van der Waals surface area (Å²) in [7, 11) is 7.51. The Hall–Kier alpha value is 0.0569. The molecule has 0 aliphatic rings. The van der Waals surface area contributed by atoms with Crippen molar-refractivity contribution in [2.24, 2.45) is 0 Å². The summed E-state index contributed by atoms with van der Waals surface area (Å²) in [5.41, 5.74) is 0.336. The molecule has 0 radical (unpaired) electrons. The molecular weight excluding hydrogens is 402 g/mol. The van der Waals surface area contributed by atoms with Gasteiger partial charge in [-0.15, -0.1) is 0 Å². The van der Waals surface area contributed by atoms with Crippen LogP contribution in [-0.2, 0) is 13.3 Å². The van der Waals surface area contributed by atoms with Crippen LogP contribution in [0.2, 0.25) is 5.54 Å². The molecule has 0 fully saturated rings. The fourth-order valence-corrected chi connectivity index (χ4v) is 8.23. The Labute approximate surface area is 197 Å². The second-order valence-corrected chi connectivity index (χ2v) is 13.2. The molecule has 188 valence electrons. The molecule has 0 bridgehead atoms. The van der Waals surface area contributed by atoms with Crippen molar-refractivity contribution < 1.29 is 17.8 Å². The zero-order valence-electron chi connectivity index (χ0n) is 22.6. The molecule has 0 saturated carbocycles. The first-order chi connectivity index (χ1) is 14.9. The summed E-state index contributed by atoms with van der Waals surface area (Å²) >= 11 is 0. The minimum atomic E-state index is -2.69. The van der Waals surface area contributed by atoms with Gasteiger partial charge in [0.1, 0.15) is 0 Å². The Bertz CT molecular complexity index is 394. The van der Waals surface area contributed by atoms with Crippen LogP contribution in [0.1, 0.15) is 117 Å². The normalized spacial score (nSPS) is 14.7. The van der Waals surface area contributed by atoms with E-state index in [1.165, 1.54) is 96.4 Å². The Morgan fingerprint density at radius 1 is 0.613 bits per heavy atom. The number of hydrogen-bond donors (Lipinski definition) is 0. The van der Waals surface area contributed by atoms with Gasteiger partial charge in [-0.05, 0) is 32.1 Å². The maximum absolute atomic E-state index is 5.99. The van der Waals surface area contributed by atoms with Crippen molar-refractivity contribution in [3.8, 4) is 0 Å². The molecule has 0 aromatic carbocycles. The van der Waals surface area contributed by atoms with E-state index in [1.54, 1.807) is 21.3 Å². The molecule has 0 heterocycles. The molecule has 31 heavy (non-hydrogen) atoms. The molecular formula is C26H58NO3Si+. The monoisotopic (exact) mass is 460 g/mol. The molecule has 0 aromatic heterocycles. The molecule has 4 nitrogen and oxygen atoms in total. The van der Waals surface area contributed by atoms with Crippen LogP contribution in [0.25, 0.3) is 0 Å². The first kappa shape index (κ1) is 31.1. The minimum Gasteiger partial charge on any atom is -0.377 e. The van der Waals surface area contributed by atoms with Crippen molar-refractivity contribution in [3.63, 3.8) is 0 Å². The number of quaternary nitrogens is 1. The van der Waals surface area contributed by atoms with Gasteiger partial charge in [0, 0.05) is 21.3 Å². The van der Waals surface area contributed by atoms with E-state index in [-0.39, 0.29) is 0 Å². The van der Waals surface area contributed by atoms with Gasteiger partial charge in [-0.2, -0.15) is 0 Å². The van der Waals surface area contributed by atoms with Crippen LogP contribution < -0.4 is 0 Å². The number of nitrogens with zero attached hydrogens (tertiary/aromatic N) is 1. The lowest BCUT2D eigenvalue weighted by Gasteiger charge is -2.45. The predicted octanol–water partition coefficient (Wildman–Crippen LogP) is 7.59. The quantitative estimate of drug-likeness (QED) is 0.0946. The summed E-state index contributed by atoms with van der Waals surface area (Å²) in [5.74, 6) is 0. The van der Waals surface area contributed by atoms with E-state index in [0.29, 0.717) is 11.6 Å². The summed E-state index contributed by atoms with van der Waals surface area (Å²) in [6.45, 7) is 8.09. The Balaban J connectivity index is 5.13. The summed E-state index contributed by atoms with van der Waals surface area (Å²) in [6, 6.07) is 0.516. The highest BCUT2D eigenvalue weighted by Crippen LogP contribution is 2.38. The molecule has 0 aromatic rings. The Morgan fingerprint density at radius 3 is 1.45 bits per heavy atom. The Morgan fingerprint density at radius 2 is 1.03 bits per heavy atom. The number of rotatable bonds is 22. The first-order valence-electron chi connectivity index (χ1n) is 13.4.